The van der Waals surface area contributed by atoms with Crippen molar-refractivity contribution in [1.29, 1.82) is 0 Å². The molecule has 7 heteroatoms. The maximum Gasteiger partial charge on any atom is 0.278 e. The van der Waals surface area contributed by atoms with Gasteiger partial charge in [-0.15, -0.1) is 5.10 Å². The Hall–Kier alpha value is -2.18. The van der Waals surface area contributed by atoms with E-state index in [1.54, 1.807) is 0 Å². The van der Waals surface area contributed by atoms with Crippen LogP contribution in [0.3, 0.4) is 0 Å². The van der Waals surface area contributed by atoms with Gasteiger partial charge in [0.25, 0.3) is 5.91 Å². The minimum Gasteiger partial charge on any atom is -0.288 e. The van der Waals surface area contributed by atoms with Crippen molar-refractivity contribution >= 4 is 11.9 Å². The largest absolute Gasteiger partial charge is 0.288 e. The molecule has 1 fully saturated rings. The minimum atomic E-state index is -0.254. The number of amides is 1. The molecule has 1 aliphatic carbocycles. The Balaban J connectivity index is 1.49. The molecule has 0 saturated heterocycles. The second-order valence-electron chi connectivity index (χ2n) is 5.47. The number of H-pyrrole nitrogens is 1. The molecule has 1 aliphatic heterocycles. The van der Waals surface area contributed by atoms with Crippen LogP contribution in [0.25, 0.3) is 0 Å². The summed E-state index contributed by atoms with van der Waals surface area (Å²) in [5.74, 6) is 1.63. The Kier molecular flexibility index (Phi) is 2.58. The first-order valence-electron chi connectivity index (χ1n) is 7.10. The van der Waals surface area contributed by atoms with Gasteiger partial charge in [0.1, 0.15) is 5.82 Å². The first-order valence-corrected chi connectivity index (χ1v) is 7.10. The number of hydrogen-bond donors (Lipinski definition) is 2. The molecule has 0 unspecified atom stereocenters. The third-order valence-corrected chi connectivity index (χ3v) is 3.84. The zero-order chi connectivity index (χ0) is 13.5. The van der Waals surface area contributed by atoms with Gasteiger partial charge >= 0.3 is 0 Å². The number of anilines is 1. The minimum absolute atomic E-state index is 0.254. The third kappa shape index (κ3) is 2.09. The van der Waals surface area contributed by atoms with Crippen LogP contribution in [0.15, 0.2) is 6.07 Å². The average molecular weight is 272 g/mol. The normalized spacial score (nSPS) is 17.8. The molecule has 4 rings (SSSR count). The van der Waals surface area contributed by atoms with E-state index < -0.39 is 0 Å². The van der Waals surface area contributed by atoms with Crippen LogP contribution < -0.4 is 5.32 Å². The highest BCUT2D eigenvalue weighted by atomic mass is 16.2. The summed E-state index contributed by atoms with van der Waals surface area (Å²) in [7, 11) is 0. The number of carbonyl (C=O) groups is 1. The van der Waals surface area contributed by atoms with Crippen molar-refractivity contribution in [1.82, 2.24) is 25.0 Å². The Bertz CT molecular complexity index is 630. The summed E-state index contributed by atoms with van der Waals surface area (Å²) >= 11 is 0. The highest BCUT2D eigenvalue weighted by Gasteiger charge is 2.26. The third-order valence-electron chi connectivity index (χ3n) is 3.84. The fourth-order valence-electron chi connectivity index (χ4n) is 2.56. The molecule has 0 spiro atoms. The van der Waals surface area contributed by atoms with E-state index >= 15 is 0 Å². The maximum atomic E-state index is 12.1. The van der Waals surface area contributed by atoms with Crippen molar-refractivity contribution in [3.8, 4) is 0 Å². The second kappa shape index (κ2) is 4.43. The summed E-state index contributed by atoms with van der Waals surface area (Å²) < 4.78 is 1.87. The van der Waals surface area contributed by atoms with Crippen molar-refractivity contribution in [2.24, 2.45) is 0 Å². The molecular formula is C13H16N6O. The monoisotopic (exact) mass is 272 g/mol. The van der Waals surface area contributed by atoms with Gasteiger partial charge in [-0.2, -0.15) is 10.1 Å². The van der Waals surface area contributed by atoms with Crippen LogP contribution in [0, 0.1) is 0 Å². The quantitative estimate of drug-likeness (QED) is 0.885. The number of aromatic nitrogens is 5. The number of aromatic amines is 1. The first kappa shape index (κ1) is 11.6. The van der Waals surface area contributed by atoms with Gasteiger partial charge in [-0.05, 0) is 31.7 Å². The number of aryl methyl sites for hydroxylation is 2. The number of nitrogens with zero attached hydrogens (tertiary/aromatic N) is 4. The van der Waals surface area contributed by atoms with Crippen LogP contribution in [0.2, 0.25) is 0 Å². The number of hydrogen-bond acceptors (Lipinski definition) is 4. The fourth-order valence-corrected chi connectivity index (χ4v) is 2.56. The lowest BCUT2D eigenvalue weighted by molar-refractivity contribution is 0.102. The van der Waals surface area contributed by atoms with Crippen molar-refractivity contribution in [2.45, 2.75) is 44.6 Å². The molecule has 20 heavy (non-hydrogen) atoms. The summed E-state index contributed by atoms with van der Waals surface area (Å²) in [6.07, 6.45) is 5.54. The summed E-state index contributed by atoms with van der Waals surface area (Å²) in [6, 6.07) is 1.82. The molecule has 2 aliphatic rings. The van der Waals surface area contributed by atoms with Crippen molar-refractivity contribution in [3.63, 3.8) is 0 Å². The van der Waals surface area contributed by atoms with E-state index in [1.807, 2.05) is 10.7 Å². The molecule has 2 aromatic heterocycles. The molecule has 104 valence electrons. The van der Waals surface area contributed by atoms with Crippen LogP contribution >= 0.6 is 0 Å². The number of nitrogens with one attached hydrogen (secondary N) is 2. The lowest BCUT2D eigenvalue weighted by Crippen LogP contribution is -2.14. The number of carbonyl (C=O) groups excluding carboxylic acids is 1. The van der Waals surface area contributed by atoms with E-state index in [9.17, 15) is 4.79 Å². The van der Waals surface area contributed by atoms with E-state index in [4.69, 9.17) is 0 Å². The van der Waals surface area contributed by atoms with Gasteiger partial charge < -0.3 is 0 Å². The molecule has 0 radical (unpaired) electrons. The summed E-state index contributed by atoms with van der Waals surface area (Å²) in [5.41, 5.74) is 1.45. The Morgan fingerprint density at radius 1 is 1.40 bits per heavy atom. The number of fused-ring (bicyclic) bond motifs is 1. The Morgan fingerprint density at radius 3 is 3.10 bits per heavy atom. The standard InChI is InChI=1S/C13H16N6O/c20-12(10-7-9(16-17-10)8-4-5-8)15-13-14-11-3-1-2-6-19(11)18-13/h7-8H,1-6H2,(H,16,17)(H,15,18,20). The topological polar surface area (TPSA) is 88.5 Å². The molecular weight excluding hydrogens is 256 g/mol. The summed E-state index contributed by atoms with van der Waals surface area (Å²) in [6.45, 7) is 0.881. The van der Waals surface area contributed by atoms with E-state index in [0.29, 0.717) is 17.6 Å². The van der Waals surface area contributed by atoms with Gasteiger partial charge in [0, 0.05) is 24.6 Å². The highest BCUT2D eigenvalue weighted by Crippen LogP contribution is 2.39. The van der Waals surface area contributed by atoms with E-state index in [-0.39, 0.29) is 5.91 Å². The van der Waals surface area contributed by atoms with Crippen LogP contribution in [-0.4, -0.2) is 30.9 Å². The predicted molar refractivity (Wildman–Crippen MR) is 71.5 cm³/mol. The zero-order valence-electron chi connectivity index (χ0n) is 11.1. The highest BCUT2D eigenvalue weighted by molar-refractivity contribution is 6.01. The second-order valence-corrected chi connectivity index (χ2v) is 5.47. The summed E-state index contributed by atoms with van der Waals surface area (Å²) in [4.78, 5) is 16.5. The van der Waals surface area contributed by atoms with Crippen molar-refractivity contribution < 1.29 is 4.79 Å². The molecule has 1 amide bonds. The average Bonchev–Trinajstić information content (AvgIpc) is 3.03. The van der Waals surface area contributed by atoms with Gasteiger partial charge in [0.2, 0.25) is 5.95 Å². The van der Waals surface area contributed by atoms with Crippen LogP contribution in [0.1, 0.15) is 53.6 Å². The van der Waals surface area contributed by atoms with E-state index in [1.165, 1.54) is 12.8 Å². The molecule has 2 N–H and O–H groups in total. The molecule has 2 aromatic rings. The molecule has 7 nitrogen and oxygen atoms in total. The Labute approximate surface area is 115 Å². The molecule has 0 bridgehead atoms. The van der Waals surface area contributed by atoms with Gasteiger partial charge in [-0.25, -0.2) is 4.68 Å². The lowest BCUT2D eigenvalue weighted by atomic mass is 10.2. The predicted octanol–water partition coefficient (Wildman–Crippen LogP) is 1.47. The fraction of sp³-hybridized carbons (Fsp3) is 0.538. The SMILES string of the molecule is O=C(Nc1nc2n(n1)CCCC2)c1cc(C2CC2)[nH]n1. The van der Waals surface area contributed by atoms with E-state index in [2.05, 4.69) is 25.6 Å². The Morgan fingerprint density at radius 2 is 2.30 bits per heavy atom. The molecule has 0 aromatic carbocycles. The van der Waals surface area contributed by atoms with Crippen molar-refractivity contribution in [2.75, 3.05) is 5.32 Å². The first-order chi connectivity index (χ1) is 9.79. The maximum absolute atomic E-state index is 12.1. The zero-order valence-corrected chi connectivity index (χ0v) is 11.1. The van der Waals surface area contributed by atoms with Crippen LogP contribution in [-0.2, 0) is 13.0 Å². The van der Waals surface area contributed by atoms with Crippen molar-refractivity contribution in [3.05, 3.63) is 23.3 Å². The van der Waals surface area contributed by atoms with Crippen LogP contribution in [0.5, 0.6) is 0 Å². The number of rotatable bonds is 3. The van der Waals surface area contributed by atoms with E-state index in [0.717, 1.165) is 37.3 Å². The van der Waals surface area contributed by atoms with Gasteiger partial charge in [-0.3, -0.25) is 15.2 Å². The van der Waals surface area contributed by atoms with Gasteiger partial charge in [0.15, 0.2) is 5.69 Å². The summed E-state index contributed by atoms with van der Waals surface area (Å²) in [5, 5.41) is 14.0. The lowest BCUT2D eigenvalue weighted by Gasteiger charge is -2.09. The molecule has 3 heterocycles. The van der Waals surface area contributed by atoms with Gasteiger partial charge in [0.05, 0.1) is 0 Å². The van der Waals surface area contributed by atoms with Gasteiger partial charge in [-0.1, -0.05) is 0 Å². The molecule has 1 saturated carbocycles. The smallest absolute Gasteiger partial charge is 0.278 e. The van der Waals surface area contributed by atoms with Crippen LogP contribution in [0.4, 0.5) is 5.95 Å². The molecule has 0 atom stereocenters.